The molecule has 0 unspecified atom stereocenters. The van der Waals surface area contributed by atoms with Crippen molar-refractivity contribution in [2.45, 2.75) is 13.8 Å². The standard InChI is InChI=1S/C22H19FN4O8/c1-11(28)34-16-8-15(9-17(10-16)35-12(2)29)26(22(32)33)18-19(24)27(21(31)25(3)20(18)30)14-6-4-13(23)5-7-14/h4-10H,24H2,1-3H3,(H,32,33). The summed E-state index contributed by atoms with van der Waals surface area (Å²) in [5.74, 6) is -3.06. The van der Waals surface area contributed by atoms with E-state index in [1.165, 1.54) is 12.1 Å². The first-order chi connectivity index (χ1) is 16.4. The number of nitrogens with zero attached hydrogens (tertiary/aromatic N) is 3. The number of hydrogen-bond donors (Lipinski definition) is 2. The third kappa shape index (κ3) is 5.03. The first-order valence-electron chi connectivity index (χ1n) is 9.83. The predicted octanol–water partition coefficient (Wildman–Crippen LogP) is 1.92. The van der Waals surface area contributed by atoms with E-state index >= 15 is 0 Å². The van der Waals surface area contributed by atoms with Crippen LogP contribution in [0.3, 0.4) is 0 Å². The molecule has 0 bridgehead atoms. The van der Waals surface area contributed by atoms with Gasteiger partial charge in [-0.25, -0.2) is 23.4 Å². The van der Waals surface area contributed by atoms with Crippen LogP contribution in [0.4, 0.5) is 26.4 Å². The van der Waals surface area contributed by atoms with Crippen molar-refractivity contribution in [3.8, 4) is 17.2 Å². The molecule has 3 aromatic rings. The van der Waals surface area contributed by atoms with Gasteiger partial charge in [-0.05, 0) is 24.3 Å². The summed E-state index contributed by atoms with van der Waals surface area (Å²) in [4.78, 5) is 61.5. The number of halogens is 1. The highest BCUT2D eigenvalue weighted by Gasteiger charge is 2.28. The zero-order valence-corrected chi connectivity index (χ0v) is 18.6. The van der Waals surface area contributed by atoms with Crippen molar-refractivity contribution < 1.29 is 33.4 Å². The maximum atomic E-state index is 13.4. The molecule has 182 valence electrons. The summed E-state index contributed by atoms with van der Waals surface area (Å²) in [5.41, 5.74) is 3.25. The Balaban J connectivity index is 2.35. The van der Waals surface area contributed by atoms with Gasteiger partial charge in [0.05, 0.1) is 11.4 Å². The Morgan fingerprint density at radius 1 is 0.971 bits per heavy atom. The lowest BCUT2D eigenvalue weighted by Crippen LogP contribution is -2.43. The van der Waals surface area contributed by atoms with Crippen LogP contribution in [0, 0.1) is 5.82 Å². The van der Waals surface area contributed by atoms with E-state index in [0.717, 1.165) is 55.8 Å². The van der Waals surface area contributed by atoms with Crippen LogP contribution in [0.25, 0.3) is 5.69 Å². The average molecular weight is 486 g/mol. The number of nitrogens with two attached hydrogens (primary N) is 1. The number of rotatable bonds is 5. The van der Waals surface area contributed by atoms with Gasteiger partial charge in [0, 0.05) is 39.1 Å². The molecule has 1 aromatic heterocycles. The summed E-state index contributed by atoms with van der Waals surface area (Å²) >= 11 is 0. The van der Waals surface area contributed by atoms with Crippen LogP contribution < -0.4 is 31.4 Å². The van der Waals surface area contributed by atoms with Crippen LogP contribution in [0.15, 0.2) is 52.1 Å². The average Bonchev–Trinajstić information content (AvgIpc) is 2.75. The van der Waals surface area contributed by atoms with Crippen LogP contribution in [-0.2, 0) is 16.6 Å². The number of benzene rings is 2. The summed E-state index contributed by atoms with van der Waals surface area (Å²) in [6.45, 7) is 2.19. The molecule has 3 rings (SSSR count). The van der Waals surface area contributed by atoms with E-state index in [2.05, 4.69) is 0 Å². The lowest BCUT2D eigenvalue weighted by atomic mass is 10.2. The van der Waals surface area contributed by atoms with E-state index in [4.69, 9.17) is 15.2 Å². The fraction of sp³-hybridized carbons (Fsp3) is 0.136. The normalized spacial score (nSPS) is 10.5. The van der Waals surface area contributed by atoms with Crippen LogP contribution in [0.1, 0.15) is 13.8 Å². The quantitative estimate of drug-likeness (QED) is 0.405. The molecule has 0 aliphatic rings. The Hall–Kier alpha value is -4.94. The zero-order chi connectivity index (χ0) is 26.0. The SMILES string of the molecule is CC(=O)Oc1cc(OC(C)=O)cc(N(C(=O)O)c2c(N)n(-c3ccc(F)cc3)c(=O)n(C)c2=O)c1. The number of carbonyl (C=O) groups is 3. The minimum Gasteiger partial charge on any atom is -0.464 e. The van der Waals surface area contributed by atoms with Gasteiger partial charge in [0.2, 0.25) is 0 Å². The highest BCUT2D eigenvalue weighted by molar-refractivity contribution is 5.98. The van der Waals surface area contributed by atoms with Crippen molar-refractivity contribution in [3.63, 3.8) is 0 Å². The molecule has 1 amide bonds. The highest BCUT2D eigenvalue weighted by Crippen LogP contribution is 2.34. The number of carbonyl (C=O) groups excluding carboxylic acids is 2. The molecule has 0 radical (unpaired) electrons. The predicted molar refractivity (Wildman–Crippen MR) is 121 cm³/mol. The van der Waals surface area contributed by atoms with Gasteiger partial charge in [0.15, 0.2) is 5.69 Å². The first-order valence-corrected chi connectivity index (χ1v) is 9.83. The number of nitrogen functional groups attached to an aromatic ring is 1. The molecule has 0 saturated carbocycles. The van der Waals surface area contributed by atoms with Crippen LogP contribution >= 0.6 is 0 Å². The molecule has 0 saturated heterocycles. The molecule has 2 aromatic carbocycles. The van der Waals surface area contributed by atoms with Crippen molar-refractivity contribution >= 4 is 35.2 Å². The lowest BCUT2D eigenvalue weighted by molar-refractivity contribution is -0.132. The minimum absolute atomic E-state index is 0.0605. The van der Waals surface area contributed by atoms with Crippen molar-refractivity contribution in [2.75, 3.05) is 10.6 Å². The first kappa shape index (κ1) is 24.7. The fourth-order valence-electron chi connectivity index (χ4n) is 3.23. The summed E-state index contributed by atoms with van der Waals surface area (Å²) in [5, 5.41) is 10.0. The van der Waals surface area contributed by atoms with E-state index in [-0.39, 0.29) is 22.9 Å². The molecular formula is C22H19FN4O8. The molecule has 0 aliphatic carbocycles. The molecule has 35 heavy (non-hydrogen) atoms. The number of aromatic nitrogens is 2. The van der Waals surface area contributed by atoms with Crippen LogP contribution in [0.2, 0.25) is 0 Å². The maximum Gasteiger partial charge on any atom is 0.416 e. The Kier molecular flexibility index (Phi) is 6.71. The second-order valence-corrected chi connectivity index (χ2v) is 7.16. The molecule has 12 nitrogen and oxygen atoms in total. The number of hydrogen-bond acceptors (Lipinski definition) is 8. The highest BCUT2D eigenvalue weighted by atomic mass is 19.1. The summed E-state index contributed by atoms with van der Waals surface area (Å²) in [6, 6.07) is 7.87. The molecule has 3 N–H and O–H groups in total. The molecule has 0 spiro atoms. The number of esters is 2. The lowest BCUT2D eigenvalue weighted by Gasteiger charge is -2.23. The van der Waals surface area contributed by atoms with Gasteiger partial charge in [0.1, 0.15) is 23.1 Å². The summed E-state index contributed by atoms with van der Waals surface area (Å²) in [6.07, 6.45) is -1.70. The minimum atomic E-state index is -1.70. The van der Waals surface area contributed by atoms with E-state index in [1.807, 2.05) is 0 Å². The smallest absolute Gasteiger partial charge is 0.416 e. The summed E-state index contributed by atoms with van der Waals surface area (Å²) < 4.78 is 24.8. The number of amides is 1. The molecule has 0 atom stereocenters. The Bertz CT molecular complexity index is 1430. The Morgan fingerprint density at radius 2 is 1.49 bits per heavy atom. The second kappa shape index (κ2) is 9.51. The number of carboxylic acid groups (broad SMARTS) is 1. The number of ether oxygens (including phenoxy) is 2. The fourth-order valence-corrected chi connectivity index (χ4v) is 3.23. The summed E-state index contributed by atoms with van der Waals surface area (Å²) in [7, 11) is 1.10. The van der Waals surface area contributed by atoms with Crippen molar-refractivity contribution in [2.24, 2.45) is 7.05 Å². The van der Waals surface area contributed by atoms with Gasteiger partial charge in [-0.3, -0.25) is 19.0 Å². The van der Waals surface area contributed by atoms with Gasteiger partial charge in [-0.1, -0.05) is 0 Å². The van der Waals surface area contributed by atoms with Gasteiger partial charge < -0.3 is 20.3 Å². The van der Waals surface area contributed by atoms with Crippen LogP contribution in [-0.4, -0.2) is 32.3 Å². The molecule has 13 heteroatoms. The van der Waals surface area contributed by atoms with E-state index in [0.29, 0.717) is 9.47 Å². The maximum absolute atomic E-state index is 13.4. The second-order valence-electron chi connectivity index (χ2n) is 7.16. The van der Waals surface area contributed by atoms with E-state index in [1.54, 1.807) is 0 Å². The van der Waals surface area contributed by atoms with Crippen molar-refractivity contribution in [3.05, 3.63) is 69.1 Å². The topological polar surface area (TPSA) is 163 Å². The van der Waals surface area contributed by atoms with Crippen molar-refractivity contribution in [1.29, 1.82) is 0 Å². The Morgan fingerprint density at radius 3 is 1.94 bits per heavy atom. The van der Waals surface area contributed by atoms with Gasteiger partial charge in [-0.2, -0.15) is 0 Å². The van der Waals surface area contributed by atoms with Crippen LogP contribution in [0.5, 0.6) is 11.5 Å². The van der Waals surface area contributed by atoms with E-state index < -0.39 is 46.6 Å². The van der Waals surface area contributed by atoms with Gasteiger partial charge in [0.25, 0.3) is 5.56 Å². The number of anilines is 3. The van der Waals surface area contributed by atoms with Crippen molar-refractivity contribution in [1.82, 2.24) is 9.13 Å². The van der Waals surface area contributed by atoms with Gasteiger partial charge in [-0.15, -0.1) is 0 Å². The molecule has 1 heterocycles. The largest absolute Gasteiger partial charge is 0.464 e. The van der Waals surface area contributed by atoms with E-state index in [9.17, 15) is 33.5 Å². The Labute approximate surface area is 196 Å². The monoisotopic (exact) mass is 486 g/mol. The zero-order valence-electron chi connectivity index (χ0n) is 18.6. The third-order valence-corrected chi connectivity index (χ3v) is 4.61. The molecular weight excluding hydrogens is 467 g/mol. The van der Waals surface area contributed by atoms with Gasteiger partial charge >= 0.3 is 23.7 Å². The third-order valence-electron chi connectivity index (χ3n) is 4.61. The molecule has 0 fully saturated rings. The molecule has 0 aliphatic heterocycles.